The van der Waals surface area contributed by atoms with Gasteiger partial charge in [0.25, 0.3) is 21.6 Å². The van der Waals surface area contributed by atoms with Gasteiger partial charge in [-0.1, -0.05) is 37.1 Å². The molecule has 65 heavy (non-hydrogen) atoms. The molecule has 5 heterocycles. The van der Waals surface area contributed by atoms with E-state index in [0.717, 1.165) is 87.0 Å². The first kappa shape index (κ1) is 44.5. The lowest BCUT2D eigenvalue weighted by Gasteiger charge is -2.40. The summed E-state index contributed by atoms with van der Waals surface area (Å²) in [4.78, 5) is 40.1. The molecule has 5 aromatic rings. The number of amides is 1. The third-order valence-corrected chi connectivity index (χ3v) is 14.9. The van der Waals surface area contributed by atoms with Gasteiger partial charge in [-0.25, -0.2) is 13.1 Å². The van der Waals surface area contributed by atoms with Crippen LogP contribution in [0.1, 0.15) is 67.4 Å². The Morgan fingerprint density at radius 2 is 1.78 bits per heavy atom. The van der Waals surface area contributed by atoms with E-state index in [-0.39, 0.29) is 29.2 Å². The molecule has 3 N–H and O–H groups in total. The second-order valence-corrected chi connectivity index (χ2v) is 20.5. The van der Waals surface area contributed by atoms with Crippen LogP contribution in [0, 0.1) is 28.4 Å². The number of allylic oxidation sites excluding steroid dienone is 1. The molecule has 15 nitrogen and oxygen atoms in total. The van der Waals surface area contributed by atoms with Crippen LogP contribution < -0.4 is 24.6 Å². The van der Waals surface area contributed by atoms with Gasteiger partial charge in [0.1, 0.15) is 23.6 Å². The van der Waals surface area contributed by atoms with Crippen molar-refractivity contribution in [3.63, 3.8) is 0 Å². The Balaban J connectivity index is 0.978. The molecule has 0 bridgehead atoms. The van der Waals surface area contributed by atoms with E-state index in [4.69, 9.17) is 26.1 Å². The number of benzene rings is 3. The highest BCUT2D eigenvalue weighted by Gasteiger charge is 2.32. The second kappa shape index (κ2) is 18.3. The third kappa shape index (κ3) is 9.67. The number of halogens is 1. The number of piperazine rings is 1. The molecule has 0 spiro atoms. The molecule has 0 unspecified atom stereocenters. The number of aromatic nitrogens is 2. The Hall–Kier alpha value is -5.68. The number of anilines is 4. The fourth-order valence-electron chi connectivity index (χ4n) is 9.60. The van der Waals surface area contributed by atoms with Gasteiger partial charge in [0.15, 0.2) is 0 Å². The van der Waals surface area contributed by atoms with Crippen molar-refractivity contribution >= 4 is 72.6 Å². The molecule has 2 saturated heterocycles. The molecule has 1 amide bonds. The Bertz CT molecular complexity index is 2780. The van der Waals surface area contributed by atoms with E-state index < -0.39 is 31.4 Å². The quantitative estimate of drug-likeness (QED) is 0.0803. The lowest BCUT2D eigenvalue weighted by Crippen LogP contribution is -2.47. The number of carbonyl (C=O) groups excluding carboxylic acids is 1. The van der Waals surface area contributed by atoms with Crippen molar-refractivity contribution in [3.8, 4) is 5.88 Å². The van der Waals surface area contributed by atoms with Gasteiger partial charge in [-0.15, -0.1) is 0 Å². The van der Waals surface area contributed by atoms with E-state index in [2.05, 4.69) is 57.7 Å². The highest BCUT2D eigenvalue weighted by Crippen LogP contribution is 2.45. The standard InChI is InChI=1S/C48H55ClN8O7S/c1-31-24-35(49)4-7-38(31)40-28-48(2,3)14-10-34(40)30-54-16-18-55(19-17-54)36-5-8-39(42(26-36)56-20-23-64-47-44(56)25-33-11-15-50-45(33)52-47)46(58)53-65(61,62)37-6-9-41(43(27-37)57(59)60)51-29-32-12-21-63-22-13-32/h4-9,11,15,24-27,32,51H,10,12-14,16-23,28-30H2,1-3H3,(H,50,52)(H,53,58). The number of nitrogens with one attached hydrogen (secondary N) is 3. The first-order valence-electron chi connectivity index (χ1n) is 22.4. The highest BCUT2D eigenvalue weighted by molar-refractivity contribution is 7.90. The first-order valence-corrected chi connectivity index (χ1v) is 24.2. The molecule has 2 fully saturated rings. The maximum absolute atomic E-state index is 14.3. The number of hydrogen-bond donors (Lipinski definition) is 3. The van der Waals surface area contributed by atoms with Crippen molar-refractivity contribution in [1.82, 2.24) is 19.6 Å². The van der Waals surface area contributed by atoms with Crippen LogP contribution in [0.4, 0.5) is 28.4 Å². The fraction of sp³-hybridized carbons (Fsp3) is 0.417. The Morgan fingerprint density at radius 1 is 0.985 bits per heavy atom. The van der Waals surface area contributed by atoms with Crippen LogP contribution in [0.25, 0.3) is 16.6 Å². The van der Waals surface area contributed by atoms with Gasteiger partial charge in [-0.3, -0.25) is 19.8 Å². The highest BCUT2D eigenvalue weighted by atomic mass is 35.5. The van der Waals surface area contributed by atoms with Crippen molar-refractivity contribution < 1.29 is 27.6 Å². The predicted octanol–water partition coefficient (Wildman–Crippen LogP) is 8.71. The summed E-state index contributed by atoms with van der Waals surface area (Å²) >= 11 is 6.37. The van der Waals surface area contributed by atoms with E-state index in [0.29, 0.717) is 49.2 Å². The van der Waals surface area contributed by atoms with Crippen LogP contribution in [-0.4, -0.2) is 99.8 Å². The molecule has 9 rings (SSSR count). The minimum absolute atomic E-state index is 0.111. The molecule has 2 aromatic heterocycles. The summed E-state index contributed by atoms with van der Waals surface area (Å²) in [5.41, 5.74) is 8.19. The lowest BCUT2D eigenvalue weighted by atomic mass is 9.72. The minimum atomic E-state index is -4.56. The number of fused-ring (bicyclic) bond motifs is 2. The first-order chi connectivity index (χ1) is 31.2. The van der Waals surface area contributed by atoms with E-state index in [1.54, 1.807) is 12.3 Å². The number of sulfonamides is 1. The molecule has 0 saturated carbocycles. The zero-order chi connectivity index (χ0) is 45.5. The number of nitro groups is 1. The number of pyridine rings is 1. The molecular weight excluding hydrogens is 868 g/mol. The average Bonchev–Trinajstić information content (AvgIpc) is 3.75. The van der Waals surface area contributed by atoms with Crippen LogP contribution in [0.15, 0.2) is 83.4 Å². The maximum atomic E-state index is 14.3. The Morgan fingerprint density at radius 3 is 2.55 bits per heavy atom. The van der Waals surface area contributed by atoms with Gasteiger partial charge in [0.2, 0.25) is 5.88 Å². The number of ether oxygens (including phenoxy) is 2. The van der Waals surface area contributed by atoms with Gasteiger partial charge in [-0.05, 0) is 122 Å². The molecule has 342 valence electrons. The van der Waals surface area contributed by atoms with Crippen LogP contribution in [0.5, 0.6) is 5.88 Å². The zero-order valence-corrected chi connectivity index (χ0v) is 38.6. The lowest BCUT2D eigenvalue weighted by molar-refractivity contribution is -0.384. The van der Waals surface area contributed by atoms with E-state index in [1.807, 2.05) is 35.2 Å². The Labute approximate surface area is 384 Å². The minimum Gasteiger partial charge on any atom is -0.474 e. The van der Waals surface area contributed by atoms with E-state index in [1.165, 1.54) is 34.4 Å². The van der Waals surface area contributed by atoms with Gasteiger partial charge in [-0.2, -0.15) is 4.98 Å². The normalized spacial score (nSPS) is 18.3. The SMILES string of the molecule is Cc1cc(Cl)ccc1C1=C(CN2CCN(c3ccc(C(=O)NS(=O)(=O)c4ccc(NCC5CCOCC5)c([N+](=O)[O-])c4)c(N4CCOc5nc6[nH]ccc6cc54)c3)CC2)CCC(C)(C)C1. The third-order valence-electron chi connectivity index (χ3n) is 13.3. The smallest absolute Gasteiger partial charge is 0.293 e. The van der Waals surface area contributed by atoms with Gasteiger partial charge in [0, 0.05) is 80.8 Å². The van der Waals surface area contributed by atoms with Crippen molar-refractivity contribution in [1.29, 1.82) is 0 Å². The summed E-state index contributed by atoms with van der Waals surface area (Å²) in [6.45, 7) is 13.3. The number of aromatic amines is 1. The number of H-pyrrole nitrogens is 1. The fourth-order valence-corrected chi connectivity index (χ4v) is 10.8. The second-order valence-electron chi connectivity index (χ2n) is 18.4. The molecular formula is C48H55ClN8O7S. The van der Waals surface area contributed by atoms with Gasteiger partial charge < -0.3 is 29.6 Å². The van der Waals surface area contributed by atoms with Crippen LogP contribution >= 0.6 is 11.6 Å². The molecule has 3 aromatic carbocycles. The zero-order valence-electron chi connectivity index (χ0n) is 37.0. The molecule has 17 heteroatoms. The maximum Gasteiger partial charge on any atom is 0.293 e. The summed E-state index contributed by atoms with van der Waals surface area (Å²) in [6.07, 6.45) is 6.65. The number of aryl methyl sites for hydroxylation is 1. The van der Waals surface area contributed by atoms with Gasteiger partial charge >= 0.3 is 0 Å². The summed E-state index contributed by atoms with van der Waals surface area (Å²) in [5.74, 6) is -0.216. The summed E-state index contributed by atoms with van der Waals surface area (Å²) in [5, 5.41) is 16.9. The summed E-state index contributed by atoms with van der Waals surface area (Å²) < 4.78 is 41.5. The molecule has 3 aliphatic heterocycles. The predicted molar refractivity (Wildman–Crippen MR) is 254 cm³/mol. The van der Waals surface area contributed by atoms with Crippen LogP contribution in [0.3, 0.4) is 0 Å². The average molecular weight is 924 g/mol. The number of rotatable bonds is 12. The molecule has 0 atom stereocenters. The van der Waals surface area contributed by atoms with E-state index in [9.17, 15) is 23.3 Å². The van der Waals surface area contributed by atoms with Crippen molar-refractivity contribution in [3.05, 3.63) is 110 Å². The van der Waals surface area contributed by atoms with E-state index >= 15 is 0 Å². The molecule has 0 radical (unpaired) electrons. The Kier molecular flexibility index (Phi) is 12.5. The number of nitrogens with zero attached hydrogens (tertiary/aromatic N) is 5. The van der Waals surface area contributed by atoms with Crippen LogP contribution in [-0.2, 0) is 14.8 Å². The monoisotopic (exact) mass is 922 g/mol. The largest absolute Gasteiger partial charge is 0.474 e. The van der Waals surface area contributed by atoms with Crippen molar-refractivity contribution in [2.75, 3.05) is 80.8 Å². The summed E-state index contributed by atoms with van der Waals surface area (Å²) in [6, 6.07) is 19.1. The van der Waals surface area contributed by atoms with Crippen molar-refractivity contribution in [2.45, 2.75) is 57.8 Å². The molecule has 1 aliphatic carbocycles. The number of carbonyl (C=O) groups is 1. The van der Waals surface area contributed by atoms with Gasteiger partial charge in [0.05, 0.1) is 27.6 Å². The molecule has 4 aliphatic rings. The number of hydrogen-bond acceptors (Lipinski definition) is 12. The van der Waals surface area contributed by atoms with Crippen LogP contribution in [0.2, 0.25) is 5.02 Å². The van der Waals surface area contributed by atoms with Crippen molar-refractivity contribution in [2.24, 2.45) is 11.3 Å². The number of nitro benzene ring substituents is 1. The summed E-state index contributed by atoms with van der Waals surface area (Å²) in [7, 11) is -4.56. The topological polar surface area (TPSA) is 175 Å².